The molecule has 0 aromatic carbocycles. The van der Waals surface area contributed by atoms with E-state index in [1.165, 1.54) is 12.8 Å². The largest absolute Gasteiger partial charge is 0.393 e. The van der Waals surface area contributed by atoms with Gasteiger partial charge in [0.2, 0.25) is 0 Å². The molecule has 2 unspecified atom stereocenters. The summed E-state index contributed by atoms with van der Waals surface area (Å²) in [6, 6.07) is 0. The second-order valence-corrected chi connectivity index (χ2v) is 4.81. The van der Waals surface area contributed by atoms with Gasteiger partial charge in [-0.1, -0.05) is 0 Å². The van der Waals surface area contributed by atoms with Crippen molar-refractivity contribution in [2.45, 2.75) is 50.7 Å². The Morgan fingerprint density at radius 3 is 2.80 bits per heavy atom. The third-order valence-electron chi connectivity index (χ3n) is 3.00. The molecule has 0 amide bonds. The first-order valence-electron chi connectivity index (χ1n) is 6.13. The summed E-state index contributed by atoms with van der Waals surface area (Å²) < 4.78 is 5.54. The van der Waals surface area contributed by atoms with Crippen LogP contribution in [0, 0.1) is 0 Å². The summed E-state index contributed by atoms with van der Waals surface area (Å²) in [6.07, 6.45) is 6.81. The highest BCUT2D eigenvalue weighted by Crippen LogP contribution is 2.18. The van der Waals surface area contributed by atoms with E-state index in [9.17, 15) is 5.11 Å². The van der Waals surface area contributed by atoms with Gasteiger partial charge in [0, 0.05) is 6.61 Å². The van der Waals surface area contributed by atoms with E-state index in [4.69, 9.17) is 4.74 Å². The summed E-state index contributed by atoms with van der Waals surface area (Å²) in [7, 11) is 4.08. The van der Waals surface area contributed by atoms with Crippen molar-refractivity contribution in [1.29, 1.82) is 0 Å². The van der Waals surface area contributed by atoms with Crippen molar-refractivity contribution in [3.8, 4) is 0 Å². The molecule has 0 bridgehead atoms. The molecule has 1 aliphatic rings. The van der Waals surface area contributed by atoms with Gasteiger partial charge in [0.1, 0.15) is 0 Å². The smallest absolute Gasteiger partial charge is 0.0576 e. The molecule has 1 saturated heterocycles. The van der Waals surface area contributed by atoms with Gasteiger partial charge in [0.15, 0.2) is 0 Å². The third-order valence-corrected chi connectivity index (χ3v) is 3.00. The zero-order chi connectivity index (χ0) is 11.1. The molecular weight excluding hydrogens is 190 g/mol. The van der Waals surface area contributed by atoms with E-state index in [0.717, 1.165) is 38.8 Å². The maximum Gasteiger partial charge on any atom is 0.0576 e. The lowest BCUT2D eigenvalue weighted by molar-refractivity contribution is 0.0919. The van der Waals surface area contributed by atoms with E-state index in [-0.39, 0.29) is 6.10 Å². The van der Waals surface area contributed by atoms with E-state index < -0.39 is 0 Å². The topological polar surface area (TPSA) is 32.7 Å². The minimum atomic E-state index is -0.131. The molecule has 0 radical (unpaired) electrons. The highest BCUT2D eigenvalue weighted by molar-refractivity contribution is 4.66. The molecule has 0 saturated carbocycles. The molecule has 1 rings (SSSR count). The van der Waals surface area contributed by atoms with Crippen LogP contribution in [0.25, 0.3) is 0 Å². The zero-order valence-corrected chi connectivity index (χ0v) is 10.1. The Labute approximate surface area is 93.4 Å². The van der Waals surface area contributed by atoms with Crippen molar-refractivity contribution < 1.29 is 9.84 Å². The maximum absolute atomic E-state index is 9.70. The van der Waals surface area contributed by atoms with E-state index in [0.29, 0.717) is 6.10 Å². The molecule has 0 spiro atoms. The van der Waals surface area contributed by atoms with Crippen molar-refractivity contribution >= 4 is 0 Å². The van der Waals surface area contributed by atoms with Gasteiger partial charge in [0.05, 0.1) is 12.2 Å². The molecule has 1 fully saturated rings. The monoisotopic (exact) mass is 215 g/mol. The number of ether oxygens (including phenoxy) is 1. The molecule has 0 aromatic rings. The Bertz CT molecular complexity index is 156. The highest BCUT2D eigenvalue weighted by Gasteiger charge is 2.15. The lowest BCUT2D eigenvalue weighted by atomic mass is 10.1. The first-order chi connectivity index (χ1) is 7.18. The number of aliphatic hydroxyl groups is 1. The van der Waals surface area contributed by atoms with E-state index in [1.807, 2.05) is 14.1 Å². The van der Waals surface area contributed by atoms with Crippen molar-refractivity contribution in [2.24, 2.45) is 0 Å². The molecule has 1 heterocycles. The minimum Gasteiger partial charge on any atom is -0.393 e. The van der Waals surface area contributed by atoms with Crippen molar-refractivity contribution in [2.75, 3.05) is 27.2 Å². The Morgan fingerprint density at radius 1 is 1.40 bits per heavy atom. The maximum atomic E-state index is 9.70. The molecule has 3 heteroatoms. The van der Waals surface area contributed by atoms with E-state index >= 15 is 0 Å². The first kappa shape index (κ1) is 12.9. The summed E-state index contributed by atoms with van der Waals surface area (Å²) in [4.78, 5) is 2.11. The summed E-state index contributed by atoms with van der Waals surface area (Å²) in [5, 5.41) is 9.70. The molecule has 1 N–H and O–H groups in total. The van der Waals surface area contributed by atoms with Crippen LogP contribution in [0.5, 0.6) is 0 Å². The quantitative estimate of drug-likeness (QED) is 0.701. The number of hydrogen-bond donors (Lipinski definition) is 1. The van der Waals surface area contributed by atoms with Crippen LogP contribution < -0.4 is 0 Å². The van der Waals surface area contributed by atoms with E-state index in [2.05, 4.69) is 4.90 Å². The third kappa shape index (κ3) is 6.13. The summed E-state index contributed by atoms with van der Waals surface area (Å²) >= 11 is 0. The first-order valence-corrected chi connectivity index (χ1v) is 6.13. The van der Waals surface area contributed by atoms with Crippen LogP contribution in [0.3, 0.4) is 0 Å². The summed E-state index contributed by atoms with van der Waals surface area (Å²) in [6.45, 7) is 1.91. The number of nitrogens with zero attached hydrogens (tertiary/aromatic N) is 1. The Balaban J connectivity index is 1.93. The molecule has 0 aromatic heterocycles. The molecule has 90 valence electrons. The molecule has 3 nitrogen and oxygen atoms in total. The average molecular weight is 215 g/mol. The summed E-state index contributed by atoms with van der Waals surface area (Å²) in [5.41, 5.74) is 0. The Morgan fingerprint density at radius 2 is 2.20 bits per heavy atom. The van der Waals surface area contributed by atoms with Crippen LogP contribution in [0.1, 0.15) is 38.5 Å². The van der Waals surface area contributed by atoms with Gasteiger partial charge in [0.25, 0.3) is 0 Å². The van der Waals surface area contributed by atoms with Crippen LogP contribution in [0.2, 0.25) is 0 Å². The second-order valence-electron chi connectivity index (χ2n) is 4.81. The van der Waals surface area contributed by atoms with Gasteiger partial charge in [-0.05, 0) is 59.2 Å². The lowest BCUT2D eigenvalue weighted by Crippen LogP contribution is -2.19. The van der Waals surface area contributed by atoms with Crippen LogP contribution in [0.4, 0.5) is 0 Å². The normalized spacial score (nSPS) is 23.6. The average Bonchev–Trinajstić information content (AvgIpc) is 2.67. The minimum absolute atomic E-state index is 0.131. The molecule has 1 aliphatic heterocycles. The van der Waals surface area contributed by atoms with Gasteiger partial charge >= 0.3 is 0 Å². The highest BCUT2D eigenvalue weighted by atomic mass is 16.5. The van der Waals surface area contributed by atoms with Crippen molar-refractivity contribution in [3.05, 3.63) is 0 Å². The SMILES string of the molecule is CN(C)CCC(O)CCCC1CCCO1. The van der Waals surface area contributed by atoms with Crippen LogP contribution in [-0.2, 0) is 4.74 Å². The summed E-state index contributed by atoms with van der Waals surface area (Å²) in [5.74, 6) is 0. The fraction of sp³-hybridized carbons (Fsp3) is 1.00. The molecule has 0 aliphatic carbocycles. The second kappa shape index (κ2) is 7.20. The number of rotatable bonds is 7. The van der Waals surface area contributed by atoms with Gasteiger partial charge in [-0.2, -0.15) is 0 Å². The number of aliphatic hydroxyl groups excluding tert-OH is 1. The van der Waals surface area contributed by atoms with Crippen LogP contribution in [-0.4, -0.2) is 49.5 Å². The predicted molar refractivity (Wildman–Crippen MR) is 62.0 cm³/mol. The van der Waals surface area contributed by atoms with Crippen molar-refractivity contribution in [1.82, 2.24) is 4.90 Å². The predicted octanol–water partition coefficient (Wildman–Crippen LogP) is 1.65. The van der Waals surface area contributed by atoms with Crippen LogP contribution >= 0.6 is 0 Å². The Kier molecular flexibility index (Phi) is 6.22. The lowest BCUT2D eigenvalue weighted by Gasteiger charge is -2.15. The number of hydrogen-bond acceptors (Lipinski definition) is 3. The zero-order valence-electron chi connectivity index (χ0n) is 10.1. The molecular formula is C12H25NO2. The van der Waals surface area contributed by atoms with Gasteiger partial charge in [-0.15, -0.1) is 0 Å². The van der Waals surface area contributed by atoms with E-state index in [1.54, 1.807) is 0 Å². The van der Waals surface area contributed by atoms with Gasteiger partial charge in [-0.3, -0.25) is 0 Å². The van der Waals surface area contributed by atoms with Gasteiger partial charge in [-0.25, -0.2) is 0 Å². The molecule has 2 atom stereocenters. The van der Waals surface area contributed by atoms with Gasteiger partial charge < -0.3 is 14.7 Å². The standard InChI is InChI=1S/C12H25NO2/c1-13(2)9-8-11(14)5-3-6-12-7-4-10-15-12/h11-12,14H,3-10H2,1-2H3. The fourth-order valence-electron chi connectivity index (χ4n) is 2.00. The fourth-order valence-corrected chi connectivity index (χ4v) is 2.00. The Hall–Kier alpha value is -0.120. The van der Waals surface area contributed by atoms with Crippen molar-refractivity contribution in [3.63, 3.8) is 0 Å². The van der Waals surface area contributed by atoms with Crippen LogP contribution in [0.15, 0.2) is 0 Å². The molecule has 15 heavy (non-hydrogen) atoms.